The van der Waals surface area contributed by atoms with Crippen LogP contribution in [-0.4, -0.2) is 50.1 Å². The fourth-order valence-corrected chi connectivity index (χ4v) is 8.71. The molecule has 1 heterocycles. The van der Waals surface area contributed by atoms with E-state index < -0.39 is 41.2 Å². The van der Waals surface area contributed by atoms with E-state index in [0.717, 1.165) is 32.1 Å². The molecule has 3 saturated carbocycles. The van der Waals surface area contributed by atoms with E-state index in [1.165, 1.54) is 13.7 Å². The van der Waals surface area contributed by atoms with Crippen LogP contribution in [0.3, 0.4) is 0 Å². The molecule has 0 spiro atoms. The van der Waals surface area contributed by atoms with Crippen LogP contribution in [0.15, 0.2) is 29.4 Å². The molecule has 4 unspecified atom stereocenters. The second-order valence-electron chi connectivity index (χ2n) is 13.3. The summed E-state index contributed by atoms with van der Waals surface area (Å²) in [6.07, 6.45) is 16.0. The van der Waals surface area contributed by atoms with Crippen LogP contribution in [0.25, 0.3) is 0 Å². The van der Waals surface area contributed by atoms with E-state index in [4.69, 9.17) is 0 Å². The van der Waals surface area contributed by atoms with Crippen LogP contribution < -0.4 is 17.1 Å². The number of hydrogen-bond acceptors (Lipinski definition) is 9. The van der Waals surface area contributed by atoms with Crippen molar-refractivity contribution in [2.75, 3.05) is 0 Å². The highest BCUT2D eigenvalue weighted by Gasteiger charge is 2.39. The van der Waals surface area contributed by atoms with Crippen molar-refractivity contribution in [2.24, 2.45) is 32.7 Å². The Morgan fingerprint density at radius 2 is 1.02 bits per heavy atom. The maximum absolute atomic E-state index is 14.6. The average molecular weight is 625 g/mol. The number of isocyanates is 3. The SMILES string of the molecule is CCC(C1CCC(N=C=O)CC1)n1c(=O)n(C(CC)C2CCC(N=C=O)CC2)c(=O)n(C(C2CCCCC2)C(C)N=C=O)c1=O. The molecule has 0 radical (unpaired) electrons. The Hall–Kier alpha value is -3.45. The van der Waals surface area contributed by atoms with Crippen molar-refractivity contribution in [3.05, 3.63) is 31.5 Å². The van der Waals surface area contributed by atoms with Gasteiger partial charge in [-0.3, -0.25) is 0 Å². The summed E-state index contributed by atoms with van der Waals surface area (Å²) >= 11 is 0. The predicted octanol–water partition coefficient (Wildman–Crippen LogP) is 4.71. The van der Waals surface area contributed by atoms with E-state index in [-0.39, 0.29) is 29.8 Å². The van der Waals surface area contributed by atoms with Gasteiger partial charge >= 0.3 is 17.1 Å². The lowest BCUT2D eigenvalue weighted by molar-refractivity contribution is 0.163. The minimum Gasteiger partial charge on any atom is -0.247 e. The lowest BCUT2D eigenvalue weighted by Gasteiger charge is -2.37. The first-order valence-electron chi connectivity index (χ1n) is 17.0. The average Bonchev–Trinajstić information content (AvgIpc) is 3.05. The van der Waals surface area contributed by atoms with E-state index in [1.54, 1.807) is 25.2 Å². The zero-order valence-electron chi connectivity index (χ0n) is 26.9. The van der Waals surface area contributed by atoms with E-state index in [1.807, 2.05) is 13.8 Å². The zero-order valence-corrected chi connectivity index (χ0v) is 26.9. The molecular weight excluding hydrogens is 576 g/mol. The summed E-state index contributed by atoms with van der Waals surface area (Å²) in [6.45, 7) is 5.65. The third-order valence-electron chi connectivity index (χ3n) is 11.0. The highest BCUT2D eigenvalue weighted by molar-refractivity contribution is 5.34. The van der Waals surface area contributed by atoms with Crippen molar-refractivity contribution >= 4 is 18.2 Å². The van der Waals surface area contributed by atoms with Gasteiger partial charge in [0.25, 0.3) is 0 Å². The normalized spacial score (nSPS) is 26.7. The lowest BCUT2D eigenvalue weighted by Crippen LogP contribution is -2.60. The van der Waals surface area contributed by atoms with Gasteiger partial charge in [-0.15, -0.1) is 0 Å². The van der Waals surface area contributed by atoms with Gasteiger partial charge < -0.3 is 0 Å². The molecule has 12 heteroatoms. The first-order chi connectivity index (χ1) is 21.8. The van der Waals surface area contributed by atoms with Crippen molar-refractivity contribution in [1.82, 2.24) is 13.7 Å². The summed E-state index contributed by atoms with van der Waals surface area (Å²) in [5, 5.41) is 0. The summed E-state index contributed by atoms with van der Waals surface area (Å²) < 4.78 is 3.92. The lowest BCUT2D eigenvalue weighted by atomic mass is 9.80. The minimum atomic E-state index is -0.685. The van der Waals surface area contributed by atoms with Crippen LogP contribution in [-0.2, 0) is 14.4 Å². The number of nitrogens with zero attached hydrogens (tertiary/aromatic N) is 6. The van der Waals surface area contributed by atoms with Crippen molar-refractivity contribution in [1.29, 1.82) is 0 Å². The van der Waals surface area contributed by atoms with E-state index in [2.05, 4.69) is 15.0 Å². The largest absolute Gasteiger partial charge is 0.336 e. The number of aliphatic imine (C=N–C) groups is 3. The monoisotopic (exact) mass is 624 g/mol. The van der Waals surface area contributed by atoms with Crippen molar-refractivity contribution in [2.45, 2.75) is 153 Å². The molecule has 1 aromatic rings. The highest BCUT2D eigenvalue weighted by atomic mass is 16.2. The van der Waals surface area contributed by atoms with Crippen molar-refractivity contribution < 1.29 is 14.4 Å². The molecule has 3 aliphatic carbocycles. The van der Waals surface area contributed by atoms with Gasteiger partial charge in [-0.2, -0.15) is 0 Å². The molecule has 4 rings (SSSR count). The number of hydrogen-bond donors (Lipinski definition) is 0. The Labute approximate surface area is 263 Å². The quantitative estimate of drug-likeness (QED) is 0.242. The fraction of sp³-hybridized carbons (Fsp3) is 0.818. The van der Waals surface area contributed by atoms with Gasteiger partial charge in [0.05, 0.1) is 24.2 Å². The van der Waals surface area contributed by atoms with Crippen LogP contribution in [0.4, 0.5) is 0 Å². The molecular formula is C33H48N6O6. The second-order valence-corrected chi connectivity index (χ2v) is 13.3. The van der Waals surface area contributed by atoms with E-state index in [9.17, 15) is 28.8 Å². The molecule has 0 aromatic carbocycles. The summed E-state index contributed by atoms with van der Waals surface area (Å²) in [5.74, 6) is -0.0644. The molecule has 4 atom stereocenters. The van der Waals surface area contributed by atoms with Crippen LogP contribution in [0, 0.1) is 17.8 Å². The van der Waals surface area contributed by atoms with Gasteiger partial charge in [0.1, 0.15) is 0 Å². The maximum atomic E-state index is 14.6. The molecule has 0 aliphatic heterocycles. The third kappa shape index (κ3) is 7.51. The molecule has 0 bridgehead atoms. The van der Waals surface area contributed by atoms with Crippen molar-refractivity contribution in [3.8, 4) is 0 Å². The van der Waals surface area contributed by atoms with Gasteiger partial charge in [-0.25, -0.2) is 57.4 Å². The summed E-state index contributed by atoms with van der Waals surface area (Å²) in [6, 6.07) is -2.48. The van der Waals surface area contributed by atoms with Crippen LogP contribution in [0.5, 0.6) is 0 Å². The van der Waals surface area contributed by atoms with Gasteiger partial charge in [0.2, 0.25) is 18.2 Å². The molecule has 45 heavy (non-hydrogen) atoms. The van der Waals surface area contributed by atoms with Gasteiger partial charge in [0.15, 0.2) is 0 Å². The first kappa shape index (κ1) is 34.4. The maximum Gasteiger partial charge on any atom is 0.336 e. The Bertz CT molecular complexity index is 1390. The van der Waals surface area contributed by atoms with Gasteiger partial charge in [-0.05, 0) is 102 Å². The smallest absolute Gasteiger partial charge is 0.247 e. The van der Waals surface area contributed by atoms with Crippen LogP contribution in [0.1, 0.15) is 135 Å². The Balaban J connectivity index is 1.92. The van der Waals surface area contributed by atoms with Gasteiger partial charge in [0, 0.05) is 12.1 Å². The molecule has 3 aliphatic rings. The number of aromatic nitrogens is 3. The Morgan fingerprint density at radius 1 is 0.600 bits per heavy atom. The topological polar surface area (TPSA) is 154 Å². The first-order valence-corrected chi connectivity index (χ1v) is 17.0. The molecule has 0 amide bonds. The zero-order chi connectivity index (χ0) is 32.5. The predicted molar refractivity (Wildman–Crippen MR) is 169 cm³/mol. The minimum absolute atomic E-state index is 0.00632. The molecule has 0 N–H and O–H groups in total. The summed E-state index contributed by atoms with van der Waals surface area (Å²) in [4.78, 5) is 88.9. The molecule has 0 saturated heterocycles. The number of rotatable bonds is 12. The molecule has 3 fully saturated rings. The molecule has 246 valence electrons. The highest BCUT2D eigenvalue weighted by Crippen LogP contribution is 2.38. The molecule has 1 aromatic heterocycles. The Kier molecular flexibility index (Phi) is 12.4. The molecule has 12 nitrogen and oxygen atoms in total. The fourth-order valence-electron chi connectivity index (χ4n) is 8.71. The standard InChI is InChI=1S/C33H48N6O6/c1-4-28(23-11-15-26(16-12-23)35-20-41)37-31(43)38(29(5-2)24-13-17-27(18-14-24)36-21-42)33(45)39(32(37)44)30(22(3)34-19-40)25-9-7-6-8-10-25/h22-30H,4-18H2,1-3H3. The second kappa shape index (κ2) is 16.2. The van der Waals surface area contributed by atoms with E-state index >= 15 is 0 Å². The van der Waals surface area contributed by atoms with Gasteiger partial charge in [-0.1, -0.05) is 33.1 Å². The van der Waals surface area contributed by atoms with E-state index in [0.29, 0.717) is 64.2 Å². The summed E-state index contributed by atoms with van der Waals surface area (Å²) in [7, 11) is 0. The van der Waals surface area contributed by atoms with Crippen molar-refractivity contribution in [3.63, 3.8) is 0 Å². The number of carbonyl (C=O) groups excluding carboxylic acids is 3. The van der Waals surface area contributed by atoms with Crippen LogP contribution >= 0.6 is 0 Å². The third-order valence-corrected chi connectivity index (χ3v) is 11.0. The van der Waals surface area contributed by atoms with Crippen LogP contribution in [0.2, 0.25) is 0 Å². The Morgan fingerprint density at radius 3 is 1.40 bits per heavy atom. The summed E-state index contributed by atoms with van der Waals surface area (Å²) in [5.41, 5.74) is -1.86.